The van der Waals surface area contributed by atoms with Crippen LogP contribution in [0.25, 0.3) is 0 Å². The molecular formula is C11H19NO4. The Labute approximate surface area is 95.7 Å². The number of hydrogen-bond acceptors (Lipinski definition) is 4. The number of carboxylic acid groups (broad SMARTS) is 1. The molecule has 2 unspecified atom stereocenters. The first-order valence-corrected chi connectivity index (χ1v) is 5.20. The maximum absolute atomic E-state index is 11.2. The van der Waals surface area contributed by atoms with Crippen molar-refractivity contribution in [3.63, 3.8) is 0 Å². The summed E-state index contributed by atoms with van der Waals surface area (Å²) in [4.78, 5) is 22.4. The van der Waals surface area contributed by atoms with E-state index in [1.54, 1.807) is 13.8 Å². The van der Waals surface area contributed by atoms with Crippen LogP contribution >= 0.6 is 0 Å². The van der Waals surface area contributed by atoms with E-state index in [4.69, 9.17) is 4.74 Å². The first-order chi connectivity index (χ1) is 7.32. The second kappa shape index (κ2) is 7.00. The number of rotatable bonds is 7. The van der Waals surface area contributed by atoms with Gasteiger partial charge in [0.25, 0.3) is 0 Å². The van der Waals surface area contributed by atoms with Crippen LogP contribution in [0.15, 0.2) is 12.2 Å². The van der Waals surface area contributed by atoms with E-state index in [0.29, 0.717) is 18.7 Å². The molecular weight excluding hydrogens is 210 g/mol. The van der Waals surface area contributed by atoms with E-state index >= 15 is 0 Å². The standard InChI is InChI=1S/C11H19NO4/c1-8(2)11(15)16-9(3)7-12(4)6-5-10(13)14/h9H,1,5-7H2,2-4H3,(H,13,14). The summed E-state index contributed by atoms with van der Waals surface area (Å²) in [5.74, 6) is -1.48. The van der Waals surface area contributed by atoms with E-state index in [1.807, 2.05) is 7.05 Å². The highest BCUT2D eigenvalue weighted by atomic mass is 16.5. The van der Waals surface area contributed by atoms with E-state index in [0.717, 1.165) is 4.90 Å². The Morgan fingerprint density at radius 3 is 2.50 bits per heavy atom. The number of esters is 1. The summed E-state index contributed by atoms with van der Waals surface area (Å²) in [6.45, 7) is 7.85. The van der Waals surface area contributed by atoms with Crippen LogP contribution in [0.4, 0.5) is 0 Å². The molecule has 0 saturated heterocycles. The van der Waals surface area contributed by atoms with Crippen LogP contribution in [0.3, 0.4) is 0 Å². The molecule has 0 aliphatic rings. The molecule has 0 heterocycles. The summed E-state index contributed by atoms with van der Waals surface area (Å²) < 4.78 is 5.07. The number of likely N-dealkylation sites (N-methyl/N-ethyl adjacent to an activating group) is 1. The maximum Gasteiger partial charge on any atom is 0.333 e. The monoisotopic (exact) mass is 229 g/mol. The fourth-order valence-corrected chi connectivity index (χ4v) is 1.23. The van der Waals surface area contributed by atoms with E-state index in [2.05, 4.69) is 6.58 Å². The van der Waals surface area contributed by atoms with Gasteiger partial charge in [-0.1, -0.05) is 6.58 Å². The van der Waals surface area contributed by atoms with Crippen molar-refractivity contribution < 1.29 is 24.3 Å². The van der Waals surface area contributed by atoms with Crippen LogP contribution < -0.4 is 10.0 Å². The summed E-state index contributed by atoms with van der Waals surface area (Å²) in [5.41, 5.74) is 0.360. The average Bonchev–Trinajstić information content (AvgIpc) is 2.14. The fraction of sp³-hybridized carbons (Fsp3) is 0.636. The van der Waals surface area contributed by atoms with Crippen LogP contribution in [0.1, 0.15) is 20.3 Å². The minimum atomic E-state index is -1.06. The number of ether oxygens (including phenoxy) is 1. The molecule has 0 spiro atoms. The smallest absolute Gasteiger partial charge is 0.333 e. The summed E-state index contributed by atoms with van der Waals surface area (Å²) in [7, 11) is 1.84. The Bertz CT molecular complexity index is 275. The minimum Gasteiger partial charge on any atom is -0.550 e. The Hall–Kier alpha value is -1.36. The lowest BCUT2D eigenvalue weighted by atomic mass is 10.3. The van der Waals surface area contributed by atoms with Gasteiger partial charge in [-0.25, -0.2) is 4.79 Å². The number of quaternary nitrogens is 1. The zero-order valence-electron chi connectivity index (χ0n) is 10.0. The highest BCUT2D eigenvalue weighted by Crippen LogP contribution is 1.96. The molecule has 0 aliphatic carbocycles. The molecule has 16 heavy (non-hydrogen) atoms. The van der Waals surface area contributed by atoms with E-state index < -0.39 is 11.9 Å². The van der Waals surface area contributed by atoms with Crippen molar-refractivity contribution in [2.24, 2.45) is 0 Å². The van der Waals surface area contributed by atoms with Crippen molar-refractivity contribution in [2.75, 3.05) is 20.1 Å². The van der Waals surface area contributed by atoms with Crippen LogP contribution in [0.2, 0.25) is 0 Å². The maximum atomic E-state index is 11.2. The van der Waals surface area contributed by atoms with Crippen molar-refractivity contribution in [3.05, 3.63) is 12.2 Å². The number of carbonyl (C=O) groups is 2. The Kier molecular flexibility index (Phi) is 6.41. The highest BCUT2D eigenvalue weighted by molar-refractivity contribution is 5.87. The van der Waals surface area contributed by atoms with Gasteiger partial charge >= 0.3 is 5.97 Å². The molecule has 0 aromatic rings. The minimum absolute atomic E-state index is 0.00693. The molecule has 0 aromatic heterocycles. The normalized spacial score (nSPS) is 13.9. The third-order valence-electron chi connectivity index (χ3n) is 2.05. The molecule has 0 fully saturated rings. The van der Waals surface area contributed by atoms with E-state index in [1.165, 1.54) is 0 Å². The molecule has 92 valence electrons. The molecule has 1 N–H and O–H groups in total. The van der Waals surface area contributed by atoms with Crippen molar-refractivity contribution >= 4 is 11.9 Å². The second-order valence-corrected chi connectivity index (χ2v) is 4.03. The lowest BCUT2D eigenvalue weighted by molar-refractivity contribution is -0.882. The van der Waals surface area contributed by atoms with Crippen LogP contribution in [0.5, 0.6) is 0 Å². The number of aliphatic carboxylic acids is 1. The van der Waals surface area contributed by atoms with Gasteiger partial charge in [0.2, 0.25) is 0 Å². The van der Waals surface area contributed by atoms with Crippen molar-refractivity contribution in [3.8, 4) is 0 Å². The predicted molar refractivity (Wildman–Crippen MR) is 56.6 cm³/mol. The van der Waals surface area contributed by atoms with Gasteiger partial charge in [0, 0.05) is 18.0 Å². The first kappa shape index (κ1) is 14.6. The number of carboxylic acids is 1. The third kappa shape index (κ3) is 7.00. The number of carbonyl (C=O) groups excluding carboxylic acids is 2. The molecule has 0 aliphatic heterocycles. The first-order valence-electron chi connectivity index (χ1n) is 5.20. The third-order valence-corrected chi connectivity index (χ3v) is 2.05. The van der Waals surface area contributed by atoms with Gasteiger partial charge in [-0.2, -0.15) is 0 Å². The highest BCUT2D eigenvalue weighted by Gasteiger charge is 2.14. The zero-order valence-corrected chi connectivity index (χ0v) is 10.0. The second-order valence-electron chi connectivity index (χ2n) is 4.03. The molecule has 0 radical (unpaired) electrons. The van der Waals surface area contributed by atoms with Gasteiger partial charge in [0.05, 0.1) is 13.6 Å². The summed E-state index contributed by atoms with van der Waals surface area (Å²) in [6.07, 6.45) is -0.251. The van der Waals surface area contributed by atoms with Gasteiger partial charge in [-0.05, 0) is 13.8 Å². The lowest BCUT2D eigenvalue weighted by Crippen LogP contribution is -3.10. The molecule has 0 amide bonds. The Morgan fingerprint density at radius 1 is 1.50 bits per heavy atom. The van der Waals surface area contributed by atoms with Gasteiger partial charge in [0.15, 0.2) is 0 Å². The van der Waals surface area contributed by atoms with Crippen LogP contribution in [-0.2, 0) is 14.3 Å². The molecule has 0 saturated carbocycles. The number of nitrogens with one attached hydrogen (secondary N) is 1. The van der Waals surface area contributed by atoms with Crippen molar-refractivity contribution in [1.82, 2.24) is 0 Å². The van der Waals surface area contributed by atoms with Gasteiger partial charge < -0.3 is 19.5 Å². The molecule has 0 bridgehead atoms. The average molecular weight is 229 g/mol. The SMILES string of the molecule is C=C(C)C(=O)OC(C)C[NH+](C)CCC(=O)[O-]. The molecule has 5 heteroatoms. The molecule has 0 aromatic carbocycles. The van der Waals surface area contributed by atoms with Gasteiger partial charge in [-0.15, -0.1) is 0 Å². The molecule has 0 rings (SSSR count). The topological polar surface area (TPSA) is 70.9 Å². The van der Waals surface area contributed by atoms with E-state index in [9.17, 15) is 14.7 Å². The number of hydrogen-bond donors (Lipinski definition) is 1. The predicted octanol–water partition coefficient (Wildman–Crippen LogP) is -1.85. The van der Waals surface area contributed by atoms with E-state index in [-0.39, 0.29) is 12.5 Å². The summed E-state index contributed by atoms with van der Waals surface area (Å²) in [6, 6.07) is 0. The summed E-state index contributed by atoms with van der Waals surface area (Å²) >= 11 is 0. The Balaban J connectivity index is 3.86. The van der Waals surface area contributed by atoms with Crippen molar-refractivity contribution in [2.45, 2.75) is 26.4 Å². The quantitative estimate of drug-likeness (QED) is 0.411. The van der Waals surface area contributed by atoms with Crippen LogP contribution in [0, 0.1) is 0 Å². The van der Waals surface area contributed by atoms with Crippen LogP contribution in [-0.4, -0.2) is 38.2 Å². The lowest BCUT2D eigenvalue weighted by Gasteiger charge is -2.19. The largest absolute Gasteiger partial charge is 0.550 e. The fourth-order valence-electron chi connectivity index (χ4n) is 1.23. The molecule has 5 nitrogen and oxygen atoms in total. The van der Waals surface area contributed by atoms with Gasteiger partial charge in [-0.3, -0.25) is 0 Å². The van der Waals surface area contributed by atoms with Crippen molar-refractivity contribution in [1.29, 1.82) is 0 Å². The zero-order chi connectivity index (χ0) is 12.7. The van der Waals surface area contributed by atoms with Gasteiger partial charge in [0.1, 0.15) is 12.6 Å². The summed E-state index contributed by atoms with van der Waals surface area (Å²) in [5, 5.41) is 10.2. The molecule has 2 atom stereocenters. The Morgan fingerprint density at radius 2 is 2.06 bits per heavy atom.